The maximum atomic E-state index is 13.1. The number of ether oxygens (including phenoxy) is 2. The average molecular weight is 611 g/mol. The number of anilines is 1. The zero-order valence-electron chi connectivity index (χ0n) is 18.5. The lowest BCUT2D eigenvalue weighted by molar-refractivity contribution is -0.122. The molecule has 0 atom stereocenters. The Morgan fingerprint density at radius 1 is 1.00 bits per heavy atom. The van der Waals surface area contributed by atoms with Gasteiger partial charge in [0.2, 0.25) is 0 Å². The van der Waals surface area contributed by atoms with Gasteiger partial charge in [-0.05, 0) is 75.6 Å². The maximum Gasteiger partial charge on any atom is 0.335 e. The Bertz CT molecular complexity index is 1430. The van der Waals surface area contributed by atoms with Crippen molar-refractivity contribution in [2.75, 3.05) is 12.0 Å². The van der Waals surface area contributed by atoms with E-state index in [1.54, 1.807) is 42.5 Å². The number of carbonyl (C=O) groups is 3. The molecule has 1 saturated heterocycles. The Balaban J connectivity index is 1.64. The number of hydrogen-bond acceptors (Lipinski definition) is 5. The van der Waals surface area contributed by atoms with Crippen molar-refractivity contribution in [3.8, 4) is 11.5 Å². The molecule has 1 fully saturated rings. The summed E-state index contributed by atoms with van der Waals surface area (Å²) >= 11 is 21.5. The van der Waals surface area contributed by atoms with Crippen LogP contribution >= 0.6 is 50.7 Å². The van der Waals surface area contributed by atoms with Crippen molar-refractivity contribution in [2.45, 2.75) is 6.61 Å². The molecular weight excluding hydrogens is 595 g/mol. The molecule has 1 aliphatic heterocycles. The zero-order valence-corrected chi connectivity index (χ0v) is 22.3. The van der Waals surface area contributed by atoms with Crippen LogP contribution < -0.4 is 19.7 Å². The second-order valence-corrected chi connectivity index (χ2v) is 9.61. The molecule has 1 aliphatic rings. The fraction of sp³-hybridized carbons (Fsp3) is 0.0800. The van der Waals surface area contributed by atoms with Gasteiger partial charge in [-0.2, -0.15) is 0 Å². The standard InChI is InChI=1S/C25H16BrCl3N2O5/c1-35-21-10-14(8-18(26)22(21)36-12-13-5-6-19(28)20(29)9-13)7-17-23(32)30-25(34)31(24(17)33)16-4-2-3-15(27)11-16/h2-11H,12H2,1H3,(H,30,32,34)/b17-7+. The number of barbiturate groups is 1. The highest BCUT2D eigenvalue weighted by Crippen LogP contribution is 2.38. The van der Waals surface area contributed by atoms with Crippen LogP contribution in [0.2, 0.25) is 15.1 Å². The number of hydrogen-bond donors (Lipinski definition) is 1. The molecule has 4 rings (SSSR count). The van der Waals surface area contributed by atoms with Gasteiger partial charge in [-0.15, -0.1) is 0 Å². The molecule has 0 aromatic heterocycles. The third-order valence-electron chi connectivity index (χ3n) is 5.10. The van der Waals surface area contributed by atoms with Gasteiger partial charge in [0.25, 0.3) is 11.8 Å². The molecular formula is C25H16BrCl3N2O5. The molecule has 0 spiro atoms. The van der Waals surface area contributed by atoms with Crippen molar-refractivity contribution in [1.82, 2.24) is 5.32 Å². The second kappa shape index (κ2) is 10.9. The van der Waals surface area contributed by atoms with E-state index in [1.807, 2.05) is 0 Å². The first-order chi connectivity index (χ1) is 17.2. The van der Waals surface area contributed by atoms with E-state index >= 15 is 0 Å². The predicted octanol–water partition coefficient (Wildman–Crippen LogP) is 6.66. The quantitative estimate of drug-likeness (QED) is 0.249. The van der Waals surface area contributed by atoms with Crippen LogP contribution in [0.5, 0.6) is 11.5 Å². The van der Waals surface area contributed by atoms with E-state index < -0.39 is 17.8 Å². The molecule has 11 heteroatoms. The van der Waals surface area contributed by atoms with Crippen LogP contribution in [0.25, 0.3) is 6.08 Å². The van der Waals surface area contributed by atoms with Gasteiger partial charge in [-0.1, -0.05) is 46.9 Å². The number of urea groups is 1. The summed E-state index contributed by atoms with van der Waals surface area (Å²) in [5, 5.41) is 3.36. The van der Waals surface area contributed by atoms with Gasteiger partial charge >= 0.3 is 6.03 Å². The number of nitrogens with zero attached hydrogens (tertiary/aromatic N) is 1. The molecule has 0 radical (unpaired) electrons. The monoisotopic (exact) mass is 608 g/mol. The fourth-order valence-corrected chi connectivity index (χ4v) is 4.50. The molecule has 1 heterocycles. The Labute approximate surface area is 229 Å². The molecule has 3 aromatic carbocycles. The normalized spacial score (nSPS) is 14.8. The van der Waals surface area contributed by atoms with E-state index in [1.165, 1.54) is 25.3 Å². The van der Waals surface area contributed by atoms with Gasteiger partial charge in [0, 0.05) is 5.02 Å². The summed E-state index contributed by atoms with van der Waals surface area (Å²) in [5.74, 6) is -0.858. The molecule has 184 valence electrons. The van der Waals surface area contributed by atoms with Crippen molar-refractivity contribution >= 4 is 80.3 Å². The van der Waals surface area contributed by atoms with Gasteiger partial charge in [0.1, 0.15) is 12.2 Å². The molecule has 3 aromatic rings. The number of imide groups is 2. The minimum Gasteiger partial charge on any atom is -0.493 e. The van der Waals surface area contributed by atoms with E-state index in [0.717, 1.165) is 10.5 Å². The lowest BCUT2D eigenvalue weighted by atomic mass is 10.1. The smallest absolute Gasteiger partial charge is 0.335 e. The van der Waals surface area contributed by atoms with Crippen molar-refractivity contribution < 1.29 is 23.9 Å². The number of rotatable bonds is 6. The van der Waals surface area contributed by atoms with E-state index in [2.05, 4.69) is 21.2 Å². The SMILES string of the molecule is COc1cc(/C=C2\C(=O)NC(=O)N(c3cccc(Cl)c3)C2=O)cc(Br)c1OCc1ccc(Cl)c(Cl)c1. The number of carbonyl (C=O) groups excluding carboxylic acids is 3. The van der Waals surface area contributed by atoms with E-state index in [4.69, 9.17) is 44.3 Å². The van der Waals surface area contributed by atoms with Gasteiger partial charge in [0.05, 0.1) is 27.3 Å². The van der Waals surface area contributed by atoms with Crippen LogP contribution in [0.4, 0.5) is 10.5 Å². The molecule has 0 aliphatic carbocycles. The molecule has 0 unspecified atom stereocenters. The number of methoxy groups -OCH3 is 1. The van der Waals surface area contributed by atoms with E-state index in [-0.39, 0.29) is 17.9 Å². The second-order valence-electron chi connectivity index (χ2n) is 7.51. The Hall–Kier alpha value is -3.04. The van der Waals surface area contributed by atoms with Crippen molar-refractivity contribution in [3.05, 3.63) is 90.8 Å². The first-order valence-electron chi connectivity index (χ1n) is 10.3. The minimum absolute atomic E-state index is 0.184. The van der Waals surface area contributed by atoms with Crippen molar-refractivity contribution in [1.29, 1.82) is 0 Å². The number of benzene rings is 3. The van der Waals surface area contributed by atoms with Gasteiger partial charge < -0.3 is 9.47 Å². The van der Waals surface area contributed by atoms with E-state index in [9.17, 15) is 14.4 Å². The highest BCUT2D eigenvalue weighted by Gasteiger charge is 2.37. The van der Waals surface area contributed by atoms with Crippen LogP contribution in [0, 0.1) is 0 Å². The first-order valence-corrected chi connectivity index (χ1v) is 12.2. The van der Waals surface area contributed by atoms with Gasteiger partial charge in [0.15, 0.2) is 11.5 Å². The summed E-state index contributed by atoms with van der Waals surface area (Å²) < 4.78 is 11.9. The largest absolute Gasteiger partial charge is 0.493 e. The van der Waals surface area contributed by atoms with Gasteiger partial charge in [-0.3, -0.25) is 14.9 Å². The summed E-state index contributed by atoms with van der Waals surface area (Å²) in [7, 11) is 1.46. The van der Waals surface area contributed by atoms with Crippen molar-refractivity contribution in [3.63, 3.8) is 0 Å². The lowest BCUT2D eigenvalue weighted by Gasteiger charge is -2.26. The zero-order chi connectivity index (χ0) is 26.0. The minimum atomic E-state index is -0.866. The van der Waals surface area contributed by atoms with Crippen molar-refractivity contribution in [2.24, 2.45) is 0 Å². The predicted molar refractivity (Wildman–Crippen MR) is 142 cm³/mol. The summed E-state index contributed by atoms with van der Waals surface area (Å²) in [5.41, 5.74) is 1.24. The lowest BCUT2D eigenvalue weighted by Crippen LogP contribution is -2.54. The Morgan fingerprint density at radius 2 is 1.78 bits per heavy atom. The van der Waals surface area contributed by atoms with Crippen LogP contribution in [0.3, 0.4) is 0 Å². The molecule has 7 nitrogen and oxygen atoms in total. The number of amides is 4. The number of halogens is 4. The fourth-order valence-electron chi connectivity index (χ4n) is 3.42. The highest BCUT2D eigenvalue weighted by atomic mass is 79.9. The third-order valence-corrected chi connectivity index (χ3v) is 6.66. The maximum absolute atomic E-state index is 13.1. The topological polar surface area (TPSA) is 84.9 Å². The van der Waals surface area contributed by atoms with Crippen LogP contribution in [-0.4, -0.2) is 25.0 Å². The molecule has 36 heavy (non-hydrogen) atoms. The average Bonchev–Trinajstić information content (AvgIpc) is 2.83. The summed E-state index contributed by atoms with van der Waals surface area (Å²) in [6.07, 6.45) is 1.36. The van der Waals surface area contributed by atoms with Crippen LogP contribution in [0.1, 0.15) is 11.1 Å². The molecule has 0 saturated carbocycles. The first kappa shape index (κ1) is 26.0. The number of nitrogens with one attached hydrogen (secondary N) is 1. The summed E-state index contributed by atoms with van der Waals surface area (Å²) in [4.78, 5) is 38.9. The molecule has 1 N–H and O–H groups in total. The van der Waals surface area contributed by atoms with Crippen LogP contribution in [-0.2, 0) is 16.2 Å². The Kier molecular flexibility index (Phi) is 7.90. The van der Waals surface area contributed by atoms with Crippen LogP contribution in [0.15, 0.2) is 64.6 Å². The van der Waals surface area contributed by atoms with E-state index in [0.29, 0.717) is 36.6 Å². The molecule has 4 amide bonds. The Morgan fingerprint density at radius 3 is 2.47 bits per heavy atom. The summed E-state index contributed by atoms with van der Waals surface area (Å²) in [6, 6.07) is 13.7. The summed E-state index contributed by atoms with van der Waals surface area (Å²) in [6.45, 7) is 0.184. The molecule has 0 bridgehead atoms. The van der Waals surface area contributed by atoms with Gasteiger partial charge in [-0.25, -0.2) is 9.69 Å². The highest BCUT2D eigenvalue weighted by molar-refractivity contribution is 9.10. The third kappa shape index (κ3) is 5.52.